The Bertz CT molecular complexity index is 363. The number of benzene rings is 1. The summed E-state index contributed by atoms with van der Waals surface area (Å²) in [6.07, 6.45) is 4.20. The van der Waals surface area contributed by atoms with Crippen LogP contribution in [-0.4, -0.2) is 11.0 Å². The minimum Gasteiger partial charge on any atom is -0.409 e. The second kappa shape index (κ2) is 4.80. The summed E-state index contributed by atoms with van der Waals surface area (Å²) in [7, 11) is 0. The third kappa shape index (κ3) is 1.94. The first-order chi connectivity index (χ1) is 6.33. The molecule has 1 aliphatic carbocycles. The molecule has 1 aromatic carbocycles. The van der Waals surface area contributed by atoms with Crippen LogP contribution in [0.2, 0.25) is 0 Å². The van der Waals surface area contributed by atoms with Crippen LogP contribution < -0.4 is 5.73 Å². The molecule has 3 N–H and O–H groups in total. The smallest absolute Gasteiger partial charge is 0.158 e. The average molecular weight is 264 g/mol. The zero-order valence-corrected chi connectivity index (χ0v) is 10.6. The van der Waals surface area contributed by atoms with Gasteiger partial charge < -0.3 is 10.9 Å². The summed E-state index contributed by atoms with van der Waals surface area (Å²) >= 11 is 0. The van der Waals surface area contributed by atoms with E-state index in [1.807, 2.05) is 12.1 Å². The Kier molecular flexibility index (Phi) is 3.96. The van der Waals surface area contributed by atoms with Crippen LogP contribution >= 0.6 is 0 Å². The molecule has 1 aromatic rings. The summed E-state index contributed by atoms with van der Waals surface area (Å²) in [6.45, 7) is 0. The quantitative estimate of drug-likeness (QED) is 0.264. The third-order valence-electron chi connectivity index (χ3n) is 2.35. The largest absolute Gasteiger partial charge is 0.409 e. The molecule has 0 aromatic heterocycles. The van der Waals surface area contributed by atoms with Crippen molar-refractivity contribution in [3.05, 3.63) is 41.3 Å². The van der Waals surface area contributed by atoms with Crippen molar-refractivity contribution in [1.82, 2.24) is 0 Å². The molecular formula is C10H11N2OY-. The zero-order chi connectivity index (χ0) is 9.26. The van der Waals surface area contributed by atoms with E-state index < -0.39 is 0 Å². The van der Waals surface area contributed by atoms with Gasteiger partial charge in [0.2, 0.25) is 0 Å². The molecule has 0 atom stereocenters. The van der Waals surface area contributed by atoms with Gasteiger partial charge in [-0.15, -0.1) is 11.6 Å². The van der Waals surface area contributed by atoms with E-state index in [2.05, 4.69) is 17.6 Å². The molecule has 1 radical (unpaired) electrons. The predicted molar refractivity (Wildman–Crippen MR) is 50.7 cm³/mol. The molecule has 0 heterocycles. The molecule has 14 heavy (non-hydrogen) atoms. The summed E-state index contributed by atoms with van der Waals surface area (Å²) < 4.78 is 0. The van der Waals surface area contributed by atoms with E-state index in [0.717, 1.165) is 18.4 Å². The van der Waals surface area contributed by atoms with Crippen molar-refractivity contribution < 1.29 is 37.9 Å². The maximum Gasteiger partial charge on any atom is 0.158 e. The molecule has 2 rings (SSSR count). The molecule has 4 heteroatoms. The van der Waals surface area contributed by atoms with Crippen LogP contribution in [0.4, 0.5) is 0 Å². The van der Waals surface area contributed by atoms with Gasteiger partial charge in [-0.25, -0.2) is 0 Å². The number of nitrogens with two attached hydrogens (primary N) is 1. The van der Waals surface area contributed by atoms with Gasteiger partial charge >= 0.3 is 0 Å². The fourth-order valence-corrected chi connectivity index (χ4v) is 1.74. The summed E-state index contributed by atoms with van der Waals surface area (Å²) in [6, 6.07) is 5.86. The molecular weight excluding hydrogens is 253 g/mol. The van der Waals surface area contributed by atoms with Crippen molar-refractivity contribution >= 4 is 5.84 Å². The minimum atomic E-state index is 0. The first-order valence-electron chi connectivity index (χ1n) is 4.26. The van der Waals surface area contributed by atoms with Crippen LogP contribution in [0, 0.1) is 6.42 Å². The van der Waals surface area contributed by atoms with Gasteiger partial charge in [0.15, 0.2) is 5.84 Å². The van der Waals surface area contributed by atoms with Crippen molar-refractivity contribution in [3.8, 4) is 0 Å². The van der Waals surface area contributed by atoms with Gasteiger partial charge in [0, 0.05) is 32.7 Å². The summed E-state index contributed by atoms with van der Waals surface area (Å²) in [5, 5.41) is 11.6. The van der Waals surface area contributed by atoms with E-state index in [1.165, 1.54) is 11.1 Å². The Hall–Kier alpha value is -0.536. The molecule has 0 spiro atoms. The molecule has 71 valence electrons. The number of hydrogen-bond donors (Lipinski definition) is 2. The Morgan fingerprint density at radius 2 is 2.29 bits per heavy atom. The molecule has 3 nitrogen and oxygen atoms in total. The topological polar surface area (TPSA) is 58.6 Å². The van der Waals surface area contributed by atoms with E-state index >= 15 is 0 Å². The van der Waals surface area contributed by atoms with Crippen molar-refractivity contribution in [1.29, 1.82) is 0 Å². The average Bonchev–Trinajstić information content (AvgIpc) is 2.63. The van der Waals surface area contributed by atoms with Gasteiger partial charge in [-0.2, -0.15) is 18.1 Å². The Labute approximate surface area is 108 Å². The van der Waals surface area contributed by atoms with Crippen LogP contribution in [0.1, 0.15) is 23.1 Å². The van der Waals surface area contributed by atoms with Crippen LogP contribution in [0.15, 0.2) is 23.4 Å². The normalized spacial score (nSPS) is 14.1. The summed E-state index contributed by atoms with van der Waals surface area (Å²) in [5.74, 6) is 0.201. The SMILES string of the molecule is NC(=NO)c1cccc2c1CC[CH-]2.[Y]. The molecule has 0 unspecified atom stereocenters. The van der Waals surface area contributed by atoms with E-state index in [-0.39, 0.29) is 38.5 Å². The monoisotopic (exact) mass is 264 g/mol. The second-order valence-corrected chi connectivity index (χ2v) is 3.10. The molecule has 0 fully saturated rings. The van der Waals surface area contributed by atoms with E-state index in [4.69, 9.17) is 10.9 Å². The van der Waals surface area contributed by atoms with Crippen LogP contribution in [-0.2, 0) is 39.1 Å². The van der Waals surface area contributed by atoms with Crippen molar-refractivity contribution in [2.45, 2.75) is 12.8 Å². The zero-order valence-electron chi connectivity index (χ0n) is 7.77. The van der Waals surface area contributed by atoms with Gasteiger partial charge in [0.05, 0.1) is 0 Å². The number of fused-ring (bicyclic) bond motifs is 1. The van der Waals surface area contributed by atoms with Gasteiger partial charge in [0.25, 0.3) is 0 Å². The molecule has 1 aliphatic rings. The van der Waals surface area contributed by atoms with Crippen molar-refractivity contribution in [2.75, 3.05) is 0 Å². The van der Waals surface area contributed by atoms with Crippen LogP contribution in [0.25, 0.3) is 0 Å². The standard InChI is InChI=1S/C10H11N2O.Y/c11-10(12-13)9-6-2-4-7-3-1-5-8(7)9;/h2-4,6,13H,1,5H2,(H2,11,12);/q-1;. The van der Waals surface area contributed by atoms with E-state index in [1.54, 1.807) is 0 Å². The fourth-order valence-electron chi connectivity index (χ4n) is 1.74. The van der Waals surface area contributed by atoms with Gasteiger partial charge in [0.1, 0.15) is 0 Å². The summed E-state index contributed by atoms with van der Waals surface area (Å²) in [4.78, 5) is 0. The molecule has 0 bridgehead atoms. The van der Waals surface area contributed by atoms with Crippen molar-refractivity contribution in [2.24, 2.45) is 10.9 Å². The number of rotatable bonds is 1. The molecule has 0 saturated heterocycles. The first-order valence-corrected chi connectivity index (χ1v) is 4.26. The van der Waals surface area contributed by atoms with Crippen LogP contribution in [0.3, 0.4) is 0 Å². The van der Waals surface area contributed by atoms with Gasteiger partial charge in [-0.1, -0.05) is 24.1 Å². The first kappa shape index (κ1) is 11.5. The third-order valence-corrected chi connectivity index (χ3v) is 2.35. The number of hydrogen-bond acceptors (Lipinski definition) is 2. The van der Waals surface area contributed by atoms with Crippen molar-refractivity contribution in [3.63, 3.8) is 0 Å². The number of nitrogens with zero attached hydrogens (tertiary/aromatic N) is 1. The summed E-state index contributed by atoms with van der Waals surface area (Å²) in [5.41, 5.74) is 8.81. The maximum atomic E-state index is 8.57. The number of amidine groups is 1. The van der Waals surface area contributed by atoms with Gasteiger partial charge in [-0.3, -0.25) is 0 Å². The van der Waals surface area contributed by atoms with Crippen LogP contribution in [0.5, 0.6) is 0 Å². The Morgan fingerprint density at radius 1 is 1.50 bits per heavy atom. The fraction of sp³-hybridized carbons (Fsp3) is 0.200. The maximum absolute atomic E-state index is 8.57. The van der Waals surface area contributed by atoms with E-state index in [0.29, 0.717) is 0 Å². The molecule has 0 amide bonds. The Morgan fingerprint density at radius 3 is 3.00 bits per heavy atom. The molecule has 0 saturated carbocycles. The predicted octanol–water partition coefficient (Wildman–Crippen LogP) is 1.28. The number of oxime groups is 1. The van der Waals surface area contributed by atoms with E-state index in [9.17, 15) is 0 Å². The second-order valence-electron chi connectivity index (χ2n) is 3.10. The Balaban J connectivity index is 0.000000980. The van der Waals surface area contributed by atoms with Gasteiger partial charge in [-0.05, 0) is 5.56 Å². The minimum absolute atomic E-state index is 0. The molecule has 0 aliphatic heterocycles.